The van der Waals surface area contributed by atoms with Crippen LogP contribution in [0, 0.1) is 0 Å². The van der Waals surface area contributed by atoms with Gasteiger partial charge in [0.05, 0.1) is 6.61 Å². The van der Waals surface area contributed by atoms with Crippen molar-refractivity contribution in [2.24, 2.45) is 0 Å². The van der Waals surface area contributed by atoms with Gasteiger partial charge < -0.3 is 20.4 Å². The zero-order chi connectivity index (χ0) is 15.2. The fourth-order valence-electron chi connectivity index (χ4n) is 2.23. The number of nitrogens with zero attached hydrogens (tertiary/aromatic N) is 1. The van der Waals surface area contributed by atoms with E-state index in [1.807, 2.05) is 30.3 Å². The summed E-state index contributed by atoms with van der Waals surface area (Å²) in [6.07, 6.45) is 2.05. The van der Waals surface area contributed by atoms with Crippen molar-refractivity contribution in [3.63, 3.8) is 0 Å². The number of carboxylic acids is 1. The van der Waals surface area contributed by atoms with Gasteiger partial charge in [-0.15, -0.1) is 0 Å². The fraction of sp³-hybridized carbons (Fsp3) is 0.467. The maximum absolute atomic E-state index is 12.2. The summed E-state index contributed by atoms with van der Waals surface area (Å²) in [5.41, 5.74) is 0.852. The van der Waals surface area contributed by atoms with Crippen molar-refractivity contribution < 1.29 is 19.8 Å². The van der Waals surface area contributed by atoms with Gasteiger partial charge in [0.15, 0.2) is 0 Å². The minimum absolute atomic E-state index is 0.125. The molecular formula is C15H20N2O4. The Balaban J connectivity index is 1.98. The van der Waals surface area contributed by atoms with Crippen molar-refractivity contribution in [2.45, 2.75) is 31.3 Å². The number of hydrogen-bond acceptors (Lipinski definition) is 3. The molecule has 1 aliphatic rings. The predicted octanol–water partition coefficient (Wildman–Crippen LogP) is 0.849. The minimum Gasteiger partial charge on any atom is -0.480 e. The van der Waals surface area contributed by atoms with Crippen LogP contribution in [0.15, 0.2) is 30.3 Å². The first kappa shape index (κ1) is 15.3. The summed E-state index contributed by atoms with van der Waals surface area (Å²) in [6, 6.07) is 7.91. The largest absolute Gasteiger partial charge is 0.480 e. The number of amides is 2. The highest BCUT2D eigenvalue weighted by atomic mass is 16.4. The van der Waals surface area contributed by atoms with Gasteiger partial charge in [-0.2, -0.15) is 0 Å². The number of aliphatic hydroxyl groups excluding tert-OH is 1. The van der Waals surface area contributed by atoms with Gasteiger partial charge in [-0.3, -0.25) is 0 Å². The molecule has 114 valence electrons. The second-order valence-electron chi connectivity index (χ2n) is 5.18. The van der Waals surface area contributed by atoms with Gasteiger partial charge in [0.25, 0.3) is 0 Å². The second kappa shape index (κ2) is 7.08. The SMILES string of the molecule is O=C(O)[C@H](Cc1ccccc1)NC(=O)N(CCO)C1CC1. The monoisotopic (exact) mass is 292 g/mol. The van der Waals surface area contributed by atoms with E-state index in [4.69, 9.17) is 5.11 Å². The quantitative estimate of drug-likeness (QED) is 0.695. The molecule has 2 rings (SSSR count). The molecule has 1 atom stereocenters. The molecule has 0 radical (unpaired) electrons. The lowest BCUT2D eigenvalue weighted by Crippen LogP contribution is -2.50. The minimum atomic E-state index is -1.06. The molecule has 0 aromatic heterocycles. The number of carbonyl (C=O) groups excluding carboxylic acids is 1. The lowest BCUT2D eigenvalue weighted by Gasteiger charge is -2.24. The molecule has 1 aromatic rings. The van der Waals surface area contributed by atoms with Crippen LogP contribution >= 0.6 is 0 Å². The highest BCUT2D eigenvalue weighted by Crippen LogP contribution is 2.26. The van der Waals surface area contributed by atoms with Crippen LogP contribution in [0.3, 0.4) is 0 Å². The van der Waals surface area contributed by atoms with Crippen molar-refractivity contribution >= 4 is 12.0 Å². The fourth-order valence-corrected chi connectivity index (χ4v) is 2.23. The number of urea groups is 1. The Bertz CT molecular complexity index is 488. The summed E-state index contributed by atoms with van der Waals surface area (Å²) >= 11 is 0. The normalized spacial score (nSPS) is 15.3. The van der Waals surface area contributed by atoms with E-state index >= 15 is 0 Å². The van der Waals surface area contributed by atoms with Gasteiger partial charge in [-0.05, 0) is 18.4 Å². The number of nitrogens with one attached hydrogen (secondary N) is 1. The lowest BCUT2D eigenvalue weighted by atomic mass is 10.1. The summed E-state index contributed by atoms with van der Waals surface area (Å²) in [7, 11) is 0. The highest BCUT2D eigenvalue weighted by Gasteiger charge is 2.33. The smallest absolute Gasteiger partial charge is 0.326 e. The molecule has 1 fully saturated rings. The standard InChI is InChI=1S/C15H20N2O4/c18-9-8-17(12-6-7-12)15(21)16-13(14(19)20)10-11-4-2-1-3-5-11/h1-5,12-13,18H,6-10H2,(H,16,21)(H,19,20)/t13-/m0/s1. The molecule has 1 saturated carbocycles. The van der Waals surface area contributed by atoms with Crippen molar-refractivity contribution in [3.05, 3.63) is 35.9 Å². The maximum Gasteiger partial charge on any atom is 0.326 e. The molecule has 0 unspecified atom stereocenters. The second-order valence-corrected chi connectivity index (χ2v) is 5.18. The number of hydrogen-bond donors (Lipinski definition) is 3. The third kappa shape index (κ3) is 4.46. The third-order valence-electron chi connectivity index (χ3n) is 3.47. The molecule has 2 amide bonds. The van der Waals surface area contributed by atoms with E-state index in [1.54, 1.807) is 0 Å². The van der Waals surface area contributed by atoms with E-state index in [2.05, 4.69) is 5.32 Å². The zero-order valence-electron chi connectivity index (χ0n) is 11.7. The van der Waals surface area contributed by atoms with E-state index in [1.165, 1.54) is 4.90 Å². The van der Waals surface area contributed by atoms with E-state index in [0.717, 1.165) is 18.4 Å². The molecule has 0 spiro atoms. The van der Waals surface area contributed by atoms with Crippen LogP contribution in [-0.4, -0.2) is 52.3 Å². The zero-order valence-corrected chi connectivity index (χ0v) is 11.7. The molecule has 1 aromatic carbocycles. The summed E-state index contributed by atoms with van der Waals surface area (Å²) in [4.78, 5) is 25.0. The van der Waals surface area contributed by atoms with Crippen LogP contribution in [0.25, 0.3) is 0 Å². The molecule has 6 nitrogen and oxygen atoms in total. The third-order valence-corrected chi connectivity index (χ3v) is 3.47. The van der Waals surface area contributed by atoms with Crippen LogP contribution in [-0.2, 0) is 11.2 Å². The van der Waals surface area contributed by atoms with Crippen LogP contribution in [0.5, 0.6) is 0 Å². The van der Waals surface area contributed by atoms with E-state index < -0.39 is 18.0 Å². The molecule has 0 aliphatic heterocycles. The summed E-state index contributed by atoms with van der Waals surface area (Å²) in [6.45, 7) is 0.106. The Hall–Kier alpha value is -2.08. The molecule has 1 aliphatic carbocycles. The van der Waals surface area contributed by atoms with Crippen LogP contribution < -0.4 is 5.32 Å². The van der Waals surface area contributed by atoms with Gasteiger partial charge in [-0.25, -0.2) is 9.59 Å². The number of carbonyl (C=O) groups is 2. The number of carboxylic acid groups (broad SMARTS) is 1. The molecule has 21 heavy (non-hydrogen) atoms. The van der Waals surface area contributed by atoms with Gasteiger partial charge in [0, 0.05) is 19.0 Å². The Morgan fingerprint density at radius 1 is 1.29 bits per heavy atom. The predicted molar refractivity (Wildman–Crippen MR) is 76.9 cm³/mol. The molecule has 0 heterocycles. The summed E-state index contributed by atoms with van der Waals surface area (Å²) in [5.74, 6) is -1.06. The average Bonchev–Trinajstić information content (AvgIpc) is 3.29. The Morgan fingerprint density at radius 2 is 1.95 bits per heavy atom. The van der Waals surface area contributed by atoms with Gasteiger partial charge in [-0.1, -0.05) is 30.3 Å². The Labute approximate surface area is 123 Å². The molecule has 6 heteroatoms. The summed E-state index contributed by atoms with van der Waals surface area (Å²) < 4.78 is 0. The maximum atomic E-state index is 12.2. The van der Waals surface area contributed by atoms with Gasteiger partial charge in [0.1, 0.15) is 6.04 Å². The van der Waals surface area contributed by atoms with Crippen LogP contribution in [0.2, 0.25) is 0 Å². The van der Waals surface area contributed by atoms with Crippen molar-refractivity contribution in [2.75, 3.05) is 13.2 Å². The number of aliphatic hydroxyl groups is 1. The van der Waals surface area contributed by atoms with E-state index in [9.17, 15) is 14.7 Å². The van der Waals surface area contributed by atoms with E-state index in [-0.39, 0.29) is 25.6 Å². The topological polar surface area (TPSA) is 89.9 Å². The first-order valence-electron chi connectivity index (χ1n) is 7.06. The van der Waals surface area contributed by atoms with Crippen molar-refractivity contribution in [1.82, 2.24) is 10.2 Å². The van der Waals surface area contributed by atoms with Gasteiger partial charge in [0.2, 0.25) is 0 Å². The first-order chi connectivity index (χ1) is 10.1. The van der Waals surface area contributed by atoms with Gasteiger partial charge >= 0.3 is 12.0 Å². The van der Waals surface area contributed by atoms with E-state index in [0.29, 0.717) is 0 Å². The molecule has 3 N–H and O–H groups in total. The number of aliphatic carboxylic acids is 1. The number of benzene rings is 1. The Morgan fingerprint density at radius 3 is 2.48 bits per heavy atom. The molecular weight excluding hydrogens is 272 g/mol. The Kier molecular flexibility index (Phi) is 5.16. The lowest BCUT2D eigenvalue weighted by molar-refractivity contribution is -0.139. The molecule has 0 bridgehead atoms. The van der Waals surface area contributed by atoms with Crippen molar-refractivity contribution in [3.8, 4) is 0 Å². The van der Waals surface area contributed by atoms with Crippen molar-refractivity contribution in [1.29, 1.82) is 0 Å². The highest BCUT2D eigenvalue weighted by molar-refractivity contribution is 5.83. The van der Waals surface area contributed by atoms with Crippen LogP contribution in [0.1, 0.15) is 18.4 Å². The number of rotatable bonds is 7. The van der Waals surface area contributed by atoms with Crippen LogP contribution in [0.4, 0.5) is 4.79 Å². The first-order valence-corrected chi connectivity index (χ1v) is 7.06. The summed E-state index contributed by atoms with van der Waals surface area (Å²) in [5, 5.41) is 20.8. The average molecular weight is 292 g/mol. The molecule has 0 saturated heterocycles.